The first kappa shape index (κ1) is 28.7. The van der Waals surface area contributed by atoms with Crippen molar-refractivity contribution in [1.29, 1.82) is 0 Å². The monoisotopic (exact) mass is 603 g/mol. The van der Waals surface area contributed by atoms with Crippen molar-refractivity contribution in [1.82, 2.24) is 9.97 Å². The number of ether oxygens (including phenoxy) is 2. The molecule has 0 fully saturated rings. The van der Waals surface area contributed by atoms with E-state index >= 15 is 0 Å². The van der Waals surface area contributed by atoms with Gasteiger partial charge in [-0.25, -0.2) is 18.4 Å². The predicted molar refractivity (Wildman–Crippen MR) is 162 cm³/mol. The SMILES string of the molecule is COc1cc(Nc2nc3ccccc3nc2NS(=O)(=O)c2cccc(C(C(N)=O)c3cccc(Cl)c3)c2)cc(OC)c1. The molecule has 214 valence electrons. The number of sulfonamides is 1. The topological polar surface area (TPSA) is 146 Å². The average Bonchev–Trinajstić information content (AvgIpc) is 2.97. The molecule has 10 nitrogen and oxygen atoms in total. The van der Waals surface area contributed by atoms with E-state index in [4.69, 9.17) is 26.8 Å². The van der Waals surface area contributed by atoms with Crippen molar-refractivity contribution in [2.24, 2.45) is 5.73 Å². The van der Waals surface area contributed by atoms with Gasteiger partial charge in [-0.1, -0.05) is 48.0 Å². The van der Waals surface area contributed by atoms with Crippen molar-refractivity contribution in [3.05, 3.63) is 107 Å². The molecule has 42 heavy (non-hydrogen) atoms. The Hall–Kier alpha value is -4.87. The lowest BCUT2D eigenvalue weighted by molar-refractivity contribution is -0.118. The van der Waals surface area contributed by atoms with Crippen molar-refractivity contribution in [2.75, 3.05) is 24.3 Å². The minimum absolute atomic E-state index is 0.0396. The molecular weight excluding hydrogens is 578 g/mol. The summed E-state index contributed by atoms with van der Waals surface area (Å²) in [6.45, 7) is 0. The zero-order valence-electron chi connectivity index (χ0n) is 22.5. The van der Waals surface area contributed by atoms with Gasteiger partial charge in [0.2, 0.25) is 5.91 Å². The van der Waals surface area contributed by atoms with Crippen LogP contribution >= 0.6 is 11.6 Å². The lowest BCUT2D eigenvalue weighted by atomic mass is 9.91. The Morgan fingerprint density at radius 1 is 0.810 bits per heavy atom. The van der Waals surface area contributed by atoms with Crippen LogP contribution in [0.5, 0.6) is 11.5 Å². The second-order valence-corrected chi connectivity index (χ2v) is 11.3. The summed E-state index contributed by atoms with van der Waals surface area (Å²) in [5.74, 6) is -0.415. The van der Waals surface area contributed by atoms with Crippen molar-refractivity contribution in [2.45, 2.75) is 10.8 Å². The number of benzene rings is 4. The fraction of sp³-hybridized carbons (Fsp3) is 0.100. The number of nitrogens with one attached hydrogen (secondary N) is 2. The summed E-state index contributed by atoms with van der Waals surface area (Å²) in [6.07, 6.45) is 0. The summed E-state index contributed by atoms with van der Waals surface area (Å²) in [5, 5.41) is 3.55. The highest BCUT2D eigenvalue weighted by Crippen LogP contribution is 2.32. The number of nitrogens with zero attached hydrogens (tertiary/aromatic N) is 2. The number of primary amides is 1. The largest absolute Gasteiger partial charge is 0.497 e. The Bertz CT molecular complexity index is 1880. The van der Waals surface area contributed by atoms with Crippen LogP contribution in [0, 0.1) is 0 Å². The number of rotatable bonds is 10. The number of hydrogen-bond donors (Lipinski definition) is 3. The first-order chi connectivity index (χ1) is 20.2. The molecule has 5 rings (SSSR count). The summed E-state index contributed by atoms with van der Waals surface area (Å²) in [6, 6.07) is 24.9. The standard InChI is InChI=1S/C30H26ClN5O5S/c1-40-22-15-21(16-23(17-22)41-2)33-29-30(35-26-12-4-3-11-25(26)34-29)36-42(38,39)24-10-6-8-19(14-24)27(28(32)37)18-7-5-9-20(31)13-18/h3-17,27H,1-2H3,(H2,32,37)(H,33,34)(H,35,36). The number of para-hydroxylation sites is 2. The maximum Gasteiger partial charge on any atom is 0.263 e. The number of nitrogens with two attached hydrogens (primary N) is 1. The number of hydrogen-bond acceptors (Lipinski definition) is 8. The third-order valence-electron chi connectivity index (χ3n) is 6.38. The predicted octanol–water partition coefficient (Wildman–Crippen LogP) is 5.46. The van der Waals surface area contributed by atoms with E-state index in [1.165, 1.54) is 32.4 Å². The molecule has 1 atom stereocenters. The fourth-order valence-electron chi connectivity index (χ4n) is 4.43. The fourth-order valence-corrected chi connectivity index (χ4v) is 5.69. The zero-order chi connectivity index (χ0) is 29.9. The van der Waals surface area contributed by atoms with Crippen LogP contribution in [0.1, 0.15) is 17.0 Å². The third kappa shape index (κ3) is 6.22. The van der Waals surface area contributed by atoms with Gasteiger partial charge in [0, 0.05) is 28.9 Å². The average molecular weight is 604 g/mol. The minimum Gasteiger partial charge on any atom is -0.497 e. The maximum absolute atomic E-state index is 13.7. The van der Waals surface area contributed by atoms with Crippen molar-refractivity contribution >= 4 is 55.9 Å². The number of carbonyl (C=O) groups excluding carboxylic acids is 1. The molecule has 1 unspecified atom stereocenters. The van der Waals surface area contributed by atoms with E-state index in [2.05, 4.69) is 20.0 Å². The van der Waals surface area contributed by atoms with Crippen molar-refractivity contribution in [3.8, 4) is 11.5 Å². The number of methoxy groups -OCH3 is 2. The van der Waals surface area contributed by atoms with Crippen LogP contribution in [0.15, 0.2) is 95.9 Å². The van der Waals surface area contributed by atoms with Crippen LogP contribution < -0.4 is 25.2 Å². The third-order valence-corrected chi connectivity index (χ3v) is 7.96. The van der Waals surface area contributed by atoms with Gasteiger partial charge in [0.05, 0.1) is 36.1 Å². The number of halogens is 1. The molecule has 4 aromatic carbocycles. The van der Waals surface area contributed by atoms with Gasteiger partial charge in [0.25, 0.3) is 10.0 Å². The smallest absolute Gasteiger partial charge is 0.263 e. The molecule has 1 amide bonds. The van der Waals surface area contributed by atoms with E-state index < -0.39 is 21.8 Å². The molecule has 0 saturated carbocycles. The summed E-state index contributed by atoms with van der Waals surface area (Å²) in [7, 11) is -1.16. The molecule has 0 aliphatic rings. The van der Waals surface area contributed by atoms with Gasteiger partial charge < -0.3 is 20.5 Å². The highest BCUT2D eigenvalue weighted by atomic mass is 35.5. The van der Waals surface area contributed by atoms with Gasteiger partial charge in [-0.05, 0) is 47.5 Å². The molecule has 0 radical (unpaired) electrons. The molecule has 0 bridgehead atoms. The number of anilines is 3. The molecule has 0 aliphatic heterocycles. The van der Waals surface area contributed by atoms with Gasteiger partial charge in [-0.3, -0.25) is 9.52 Å². The maximum atomic E-state index is 13.7. The normalized spacial score (nSPS) is 12.0. The summed E-state index contributed by atoms with van der Waals surface area (Å²) >= 11 is 6.13. The van der Waals surface area contributed by atoms with Crippen molar-refractivity contribution in [3.63, 3.8) is 0 Å². The van der Waals surface area contributed by atoms with Crippen molar-refractivity contribution < 1.29 is 22.7 Å². The first-order valence-electron chi connectivity index (χ1n) is 12.6. The van der Waals surface area contributed by atoms with E-state index in [1.54, 1.807) is 72.8 Å². The van der Waals surface area contributed by atoms with E-state index in [1.807, 2.05) is 0 Å². The highest BCUT2D eigenvalue weighted by Gasteiger charge is 2.24. The quantitative estimate of drug-likeness (QED) is 0.191. The minimum atomic E-state index is -4.21. The molecular formula is C30H26ClN5O5S. The molecule has 12 heteroatoms. The Kier molecular flexibility index (Phi) is 8.14. The molecule has 4 N–H and O–H groups in total. The van der Waals surface area contributed by atoms with Gasteiger partial charge in [-0.15, -0.1) is 0 Å². The number of aromatic nitrogens is 2. The van der Waals surface area contributed by atoms with E-state index in [9.17, 15) is 13.2 Å². The second kappa shape index (κ2) is 11.9. The molecule has 1 aromatic heterocycles. The van der Waals surface area contributed by atoms with Crippen LogP contribution in [-0.2, 0) is 14.8 Å². The first-order valence-corrected chi connectivity index (χ1v) is 14.5. The van der Waals surface area contributed by atoms with Crippen LogP contribution in [0.3, 0.4) is 0 Å². The lowest BCUT2D eigenvalue weighted by Crippen LogP contribution is -2.23. The highest BCUT2D eigenvalue weighted by molar-refractivity contribution is 7.92. The Morgan fingerprint density at radius 3 is 2.00 bits per heavy atom. The number of carbonyl (C=O) groups is 1. The molecule has 1 heterocycles. The second-order valence-electron chi connectivity index (χ2n) is 9.20. The van der Waals surface area contributed by atoms with E-state index in [0.29, 0.717) is 44.4 Å². The number of amides is 1. The molecule has 0 saturated heterocycles. The lowest BCUT2D eigenvalue weighted by Gasteiger charge is -2.17. The van der Waals surface area contributed by atoms with Crippen LogP contribution in [-0.4, -0.2) is 38.5 Å². The summed E-state index contributed by atoms with van der Waals surface area (Å²) in [5.41, 5.74) is 8.21. The van der Waals surface area contributed by atoms with Crippen LogP contribution in [0.2, 0.25) is 5.02 Å². The Morgan fingerprint density at radius 2 is 1.40 bits per heavy atom. The van der Waals surface area contributed by atoms with Gasteiger partial charge in [-0.2, -0.15) is 0 Å². The summed E-state index contributed by atoms with van der Waals surface area (Å²) in [4.78, 5) is 21.5. The summed E-state index contributed by atoms with van der Waals surface area (Å²) < 4.78 is 40.6. The molecule has 5 aromatic rings. The van der Waals surface area contributed by atoms with Gasteiger partial charge >= 0.3 is 0 Å². The zero-order valence-corrected chi connectivity index (χ0v) is 24.1. The Balaban J connectivity index is 1.54. The molecule has 0 spiro atoms. The van der Waals surface area contributed by atoms with Crippen LogP contribution in [0.25, 0.3) is 11.0 Å². The van der Waals surface area contributed by atoms with Gasteiger partial charge in [0.1, 0.15) is 11.5 Å². The number of fused-ring (bicyclic) bond motifs is 1. The van der Waals surface area contributed by atoms with Gasteiger partial charge in [0.15, 0.2) is 11.6 Å². The Labute approximate surface area is 247 Å². The van der Waals surface area contributed by atoms with Crippen LogP contribution in [0.4, 0.5) is 17.3 Å². The van der Waals surface area contributed by atoms with E-state index in [0.717, 1.165) is 0 Å². The van der Waals surface area contributed by atoms with E-state index in [-0.39, 0.29) is 16.5 Å². The molecule has 0 aliphatic carbocycles.